The minimum Gasteiger partial charge on any atom is -0.382 e. The van der Waals surface area contributed by atoms with Crippen molar-refractivity contribution in [1.82, 2.24) is 10.3 Å². The predicted octanol–water partition coefficient (Wildman–Crippen LogP) is 2.29. The molecule has 1 atom stereocenters. The molecule has 4 heteroatoms. The van der Waals surface area contributed by atoms with Crippen molar-refractivity contribution in [2.24, 2.45) is 5.92 Å². The maximum atomic E-state index is 5.88. The number of nitrogens with zero attached hydrogens (tertiary/aromatic N) is 1. The molecule has 0 fully saturated rings. The van der Waals surface area contributed by atoms with Gasteiger partial charge in [-0.2, -0.15) is 0 Å². The quantitative estimate of drug-likeness (QED) is 0.632. The SMILES string of the molecule is COCC(CNCC(C)C)OCCCc1ccncc1. The highest BCUT2D eigenvalue weighted by Crippen LogP contribution is 2.02. The first-order chi connectivity index (χ1) is 9.72. The van der Waals surface area contributed by atoms with Gasteiger partial charge in [-0.25, -0.2) is 0 Å². The molecule has 20 heavy (non-hydrogen) atoms. The van der Waals surface area contributed by atoms with Crippen LogP contribution in [0.2, 0.25) is 0 Å². The number of hydrogen-bond acceptors (Lipinski definition) is 4. The minimum atomic E-state index is 0.135. The summed E-state index contributed by atoms with van der Waals surface area (Å²) in [4.78, 5) is 4.02. The largest absolute Gasteiger partial charge is 0.382 e. The number of nitrogens with one attached hydrogen (secondary N) is 1. The van der Waals surface area contributed by atoms with Gasteiger partial charge in [0.2, 0.25) is 0 Å². The van der Waals surface area contributed by atoms with Crippen LogP contribution in [0.1, 0.15) is 25.8 Å². The Bertz CT molecular complexity index is 331. The number of aromatic nitrogens is 1. The van der Waals surface area contributed by atoms with E-state index in [9.17, 15) is 0 Å². The molecule has 1 aromatic heterocycles. The van der Waals surface area contributed by atoms with Gasteiger partial charge >= 0.3 is 0 Å². The molecule has 0 amide bonds. The lowest BCUT2D eigenvalue weighted by molar-refractivity contribution is -0.00196. The molecule has 1 heterocycles. The van der Waals surface area contributed by atoms with Crippen LogP contribution < -0.4 is 5.32 Å². The molecule has 1 aromatic rings. The van der Waals surface area contributed by atoms with Crippen molar-refractivity contribution in [3.05, 3.63) is 30.1 Å². The first-order valence-electron chi connectivity index (χ1n) is 7.42. The standard InChI is InChI=1S/C16H28N2O2/c1-14(2)11-18-12-16(13-19-3)20-10-4-5-15-6-8-17-9-7-15/h6-9,14,16,18H,4-5,10-13H2,1-3H3. The molecule has 0 aromatic carbocycles. The van der Waals surface area contributed by atoms with Gasteiger partial charge in [0, 0.05) is 32.7 Å². The van der Waals surface area contributed by atoms with Gasteiger partial charge in [0.15, 0.2) is 0 Å². The van der Waals surface area contributed by atoms with Gasteiger partial charge in [-0.1, -0.05) is 13.8 Å². The number of hydrogen-bond donors (Lipinski definition) is 1. The summed E-state index contributed by atoms with van der Waals surface area (Å²) in [6, 6.07) is 4.10. The second kappa shape index (κ2) is 10.8. The summed E-state index contributed by atoms with van der Waals surface area (Å²) in [5.74, 6) is 0.657. The van der Waals surface area contributed by atoms with Gasteiger partial charge < -0.3 is 14.8 Å². The fourth-order valence-electron chi connectivity index (χ4n) is 1.96. The van der Waals surface area contributed by atoms with E-state index in [-0.39, 0.29) is 6.10 Å². The number of rotatable bonds is 11. The molecule has 1 unspecified atom stereocenters. The molecule has 0 aliphatic carbocycles. The lowest BCUT2D eigenvalue weighted by Crippen LogP contribution is -2.34. The van der Waals surface area contributed by atoms with Crippen LogP contribution in [0.4, 0.5) is 0 Å². The topological polar surface area (TPSA) is 43.4 Å². The van der Waals surface area contributed by atoms with Crippen molar-refractivity contribution < 1.29 is 9.47 Å². The highest BCUT2D eigenvalue weighted by molar-refractivity contribution is 5.09. The van der Waals surface area contributed by atoms with Crippen molar-refractivity contribution in [3.8, 4) is 0 Å². The lowest BCUT2D eigenvalue weighted by Gasteiger charge is -2.18. The van der Waals surface area contributed by atoms with Crippen molar-refractivity contribution in [1.29, 1.82) is 0 Å². The smallest absolute Gasteiger partial charge is 0.0932 e. The Balaban J connectivity index is 2.14. The summed E-state index contributed by atoms with van der Waals surface area (Å²) in [6.07, 6.45) is 5.85. The number of pyridine rings is 1. The Kier molecular flexibility index (Phi) is 9.20. The monoisotopic (exact) mass is 280 g/mol. The summed E-state index contributed by atoms with van der Waals surface area (Å²) in [6.45, 7) is 7.67. The van der Waals surface area contributed by atoms with Gasteiger partial charge in [-0.15, -0.1) is 0 Å². The van der Waals surface area contributed by atoms with Crippen LogP contribution in [0, 0.1) is 5.92 Å². The fraction of sp³-hybridized carbons (Fsp3) is 0.688. The van der Waals surface area contributed by atoms with Crippen molar-refractivity contribution >= 4 is 0 Å². The third-order valence-electron chi connectivity index (χ3n) is 2.99. The maximum Gasteiger partial charge on any atom is 0.0932 e. The van der Waals surface area contributed by atoms with Crippen LogP contribution in [0.25, 0.3) is 0 Å². The molecule has 114 valence electrons. The second-order valence-electron chi connectivity index (χ2n) is 5.46. The van der Waals surface area contributed by atoms with Crippen LogP contribution in [-0.4, -0.2) is 44.5 Å². The van der Waals surface area contributed by atoms with Gasteiger partial charge in [0.25, 0.3) is 0 Å². The van der Waals surface area contributed by atoms with Crippen LogP contribution in [0.15, 0.2) is 24.5 Å². The normalized spacial score (nSPS) is 12.8. The zero-order valence-electron chi connectivity index (χ0n) is 13.0. The van der Waals surface area contributed by atoms with E-state index < -0.39 is 0 Å². The second-order valence-corrected chi connectivity index (χ2v) is 5.46. The first kappa shape index (κ1) is 17.1. The number of methoxy groups -OCH3 is 1. The zero-order chi connectivity index (χ0) is 14.6. The third-order valence-corrected chi connectivity index (χ3v) is 2.99. The van der Waals surface area contributed by atoms with E-state index >= 15 is 0 Å². The van der Waals surface area contributed by atoms with E-state index in [1.165, 1.54) is 5.56 Å². The molecule has 4 nitrogen and oxygen atoms in total. The van der Waals surface area contributed by atoms with Gasteiger partial charge in [-0.05, 0) is 43.0 Å². The minimum absolute atomic E-state index is 0.135. The molecule has 0 saturated heterocycles. The highest BCUT2D eigenvalue weighted by atomic mass is 16.5. The van der Waals surface area contributed by atoms with Crippen LogP contribution in [-0.2, 0) is 15.9 Å². The van der Waals surface area contributed by atoms with E-state index in [1.807, 2.05) is 12.4 Å². The third kappa shape index (κ3) is 8.25. The highest BCUT2D eigenvalue weighted by Gasteiger charge is 2.08. The molecule has 0 radical (unpaired) electrons. The molecule has 0 spiro atoms. The van der Waals surface area contributed by atoms with E-state index in [0.29, 0.717) is 12.5 Å². The van der Waals surface area contributed by atoms with E-state index in [1.54, 1.807) is 7.11 Å². The van der Waals surface area contributed by atoms with Crippen LogP contribution >= 0.6 is 0 Å². The van der Waals surface area contributed by atoms with Crippen LogP contribution in [0.3, 0.4) is 0 Å². The molecule has 1 N–H and O–H groups in total. The molecule has 1 rings (SSSR count). The average molecular weight is 280 g/mol. The molecule has 0 aliphatic rings. The molecule has 0 saturated carbocycles. The van der Waals surface area contributed by atoms with Gasteiger partial charge in [0.05, 0.1) is 12.7 Å². The number of aryl methyl sites for hydroxylation is 1. The van der Waals surface area contributed by atoms with E-state index in [0.717, 1.165) is 32.5 Å². The van der Waals surface area contributed by atoms with Gasteiger partial charge in [0.1, 0.15) is 0 Å². The summed E-state index contributed by atoms with van der Waals surface area (Å²) < 4.78 is 11.1. The molecule has 0 bridgehead atoms. The van der Waals surface area contributed by atoms with Crippen LogP contribution in [0.5, 0.6) is 0 Å². The van der Waals surface area contributed by atoms with E-state index in [4.69, 9.17) is 9.47 Å². The molecule has 0 aliphatic heterocycles. The Labute approximate surface area is 122 Å². The molecular weight excluding hydrogens is 252 g/mol. The average Bonchev–Trinajstić information content (AvgIpc) is 2.44. The van der Waals surface area contributed by atoms with Crippen molar-refractivity contribution in [3.63, 3.8) is 0 Å². The zero-order valence-corrected chi connectivity index (χ0v) is 13.0. The summed E-state index contributed by atoms with van der Waals surface area (Å²) in [5, 5.41) is 3.42. The summed E-state index contributed by atoms with van der Waals surface area (Å²) in [7, 11) is 1.72. The van der Waals surface area contributed by atoms with E-state index in [2.05, 4.69) is 36.3 Å². The Morgan fingerprint density at radius 1 is 1.20 bits per heavy atom. The van der Waals surface area contributed by atoms with Gasteiger partial charge in [-0.3, -0.25) is 4.98 Å². The Morgan fingerprint density at radius 2 is 1.95 bits per heavy atom. The summed E-state index contributed by atoms with van der Waals surface area (Å²) >= 11 is 0. The molecular formula is C16H28N2O2. The first-order valence-corrected chi connectivity index (χ1v) is 7.42. The fourth-order valence-corrected chi connectivity index (χ4v) is 1.96. The predicted molar refractivity (Wildman–Crippen MR) is 81.9 cm³/mol. The number of ether oxygens (including phenoxy) is 2. The Morgan fingerprint density at radius 3 is 2.60 bits per heavy atom. The Hall–Kier alpha value is -0.970. The maximum absolute atomic E-state index is 5.88. The lowest BCUT2D eigenvalue weighted by atomic mass is 10.1. The summed E-state index contributed by atoms with van der Waals surface area (Å²) in [5.41, 5.74) is 1.31. The van der Waals surface area contributed by atoms with Crippen molar-refractivity contribution in [2.75, 3.05) is 33.4 Å². The van der Waals surface area contributed by atoms with Crippen molar-refractivity contribution in [2.45, 2.75) is 32.8 Å².